The number of aliphatic hydroxyl groups is 1. The molecule has 5 fully saturated rings. The SMILES string of the molecule is CCc1c(F)ccc2cc(O)cc(C3NC(OC)=c4c(N5CCOC[C@@](C)(O)C5)nc(OC[C@]56CCC[C@H]5N(C5CC7(CCCOC7)C5)CCC6)nc4=C3F)c12. The minimum absolute atomic E-state index is 0.0124. The van der Waals surface area contributed by atoms with E-state index >= 15 is 8.78 Å². The predicted molar refractivity (Wildman–Crippen MR) is 208 cm³/mol. The highest BCUT2D eigenvalue weighted by Gasteiger charge is 2.55. The molecule has 3 N–H and O–H groups in total. The molecular weight excluding hydrogens is 720 g/mol. The van der Waals surface area contributed by atoms with Crippen LogP contribution in [-0.4, -0.2) is 103 Å². The topological polar surface area (TPSA) is 122 Å². The van der Waals surface area contributed by atoms with E-state index in [1.165, 1.54) is 38.5 Å². The third-order valence-electron chi connectivity index (χ3n) is 13.7. The minimum atomic E-state index is -1.21. The quantitative estimate of drug-likeness (QED) is 0.295. The summed E-state index contributed by atoms with van der Waals surface area (Å²) in [7, 11) is 1.49. The zero-order valence-electron chi connectivity index (χ0n) is 32.8. The van der Waals surface area contributed by atoms with Crippen LogP contribution in [0.4, 0.5) is 14.6 Å². The molecule has 2 aliphatic carbocycles. The summed E-state index contributed by atoms with van der Waals surface area (Å²) in [5.74, 6) is -0.550. The molecule has 1 unspecified atom stereocenters. The number of anilines is 1. The van der Waals surface area contributed by atoms with Crippen LogP contribution in [0.25, 0.3) is 22.5 Å². The van der Waals surface area contributed by atoms with Gasteiger partial charge in [-0.05, 0) is 117 Å². The van der Waals surface area contributed by atoms with Crippen molar-refractivity contribution in [1.82, 2.24) is 20.2 Å². The van der Waals surface area contributed by atoms with Crippen LogP contribution < -0.4 is 25.5 Å². The highest BCUT2D eigenvalue weighted by atomic mass is 19.1. The van der Waals surface area contributed by atoms with Crippen molar-refractivity contribution >= 4 is 28.3 Å². The predicted octanol–water partition coefficient (Wildman–Crippen LogP) is 4.73. The number of aromatic hydroxyl groups is 1. The molecule has 9 rings (SSSR count). The number of aromatic nitrogens is 2. The van der Waals surface area contributed by atoms with Crippen molar-refractivity contribution in [1.29, 1.82) is 0 Å². The van der Waals surface area contributed by atoms with Crippen molar-refractivity contribution in [3.05, 3.63) is 51.8 Å². The smallest absolute Gasteiger partial charge is 0.319 e. The van der Waals surface area contributed by atoms with Gasteiger partial charge in [0, 0.05) is 30.7 Å². The third kappa shape index (κ3) is 6.56. The lowest BCUT2D eigenvalue weighted by Crippen LogP contribution is -2.61. The number of phenols is 1. The molecule has 3 aromatic rings. The zero-order chi connectivity index (χ0) is 38.8. The number of halogens is 2. The van der Waals surface area contributed by atoms with Crippen LogP contribution in [0.2, 0.25) is 0 Å². The second-order valence-corrected chi connectivity index (χ2v) is 17.6. The van der Waals surface area contributed by atoms with Crippen LogP contribution in [0.15, 0.2) is 24.3 Å². The number of piperidine rings is 1. The Hall–Kier alpha value is -3.78. The average Bonchev–Trinajstić information content (AvgIpc) is 3.53. The lowest BCUT2D eigenvalue weighted by molar-refractivity contribution is -0.125. The highest BCUT2D eigenvalue weighted by molar-refractivity contribution is 5.92. The first-order chi connectivity index (χ1) is 27.0. The Morgan fingerprint density at radius 1 is 1.02 bits per heavy atom. The molecular formula is C43H55F2N5O6. The Bertz CT molecular complexity index is 2120. The Kier molecular flexibility index (Phi) is 9.82. The van der Waals surface area contributed by atoms with Crippen LogP contribution in [0, 0.1) is 16.6 Å². The first-order valence-electron chi connectivity index (χ1n) is 20.6. The Labute approximate surface area is 326 Å². The largest absolute Gasteiger partial charge is 0.508 e. The van der Waals surface area contributed by atoms with Crippen molar-refractivity contribution < 1.29 is 37.9 Å². The van der Waals surface area contributed by atoms with E-state index in [2.05, 4.69) is 10.2 Å². The number of nitrogens with zero attached hydrogens (tertiary/aromatic N) is 4. The Balaban J connectivity index is 1.12. The van der Waals surface area contributed by atoms with E-state index in [4.69, 9.17) is 28.9 Å². The van der Waals surface area contributed by atoms with Gasteiger partial charge in [0.2, 0.25) is 5.88 Å². The molecule has 302 valence electrons. The van der Waals surface area contributed by atoms with E-state index in [0.29, 0.717) is 76.6 Å². The maximum absolute atomic E-state index is 17.5. The molecule has 56 heavy (non-hydrogen) atoms. The first kappa shape index (κ1) is 37.8. The van der Waals surface area contributed by atoms with E-state index in [1.807, 2.05) is 11.8 Å². The molecule has 3 saturated heterocycles. The molecule has 0 radical (unpaired) electrons. The summed E-state index contributed by atoms with van der Waals surface area (Å²) in [6, 6.07) is 5.84. The normalized spacial score (nSPS) is 32.1. The second-order valence-electron chi connectivity index (χ2n) is 17.6. The summed E-state index contributed by atoms with van der Waals surface area (Å²) in [6.07, 6.45) is 10.6. The van der Waals surface area contributed by atoms with Crippen LogP contribution in [0.1, 0.15) is 88.8 Å². The van der Waals surface area contributed by atoms with Crippen molar-refractivity contribution in [3.8, 4) is 11.8 Å². The van der Waals surface area contributed by atoms with Gasteiger partial charge in [0.1, 0.15) is 39.6 Å². The molecule has 1 aromatic heterocycles. The molecule has 2 saturated carbocycles. The van der Waals surface area contributed by atoms with Gasteiger partial charge in [-0.1, -0.05) is 19.4 Å². The summed E-state index contributed by atoms with van der Waals surface area (Å²) in [5.41, 5.74) is -0.151. The monoisotopic (exact) mass is 775 g/mol. The fraction of sp³-hybridized carbons (Fsp3) is 0.628. The summed E-state index contributed by atoms with van der Waals surface area (Å²) in [6.45, 7) is 7.84. The molecule has 4 atom stereocenters. The van der Waals surface area contributed by atoms with Crippen LogP contribution in [-0.2, 0) is 20.6 Å². The van der Waals surface area contributed by atoms with Gasteiger partial charge in [-0.15, -0.1) is 0 Å². The number of aryl methyl sites for hydroxylation is 1. The number of nitrogens with one attached hydrogen (secondary N) is 1. The number of β-amino-alcohol motifs (C(OH)–C–C–N with tert-alkyl or cyclic N) is 1. The minimum Gasteiger partial charge on any atom is -0.508 e. The Morgan fingerprint density at radius 2 is 1.84 bits per heavy atom. The van der Waals surface area contributed by atoms with Gasteiger partial charge in [0.25, 0.3) is 0 Å². The summed E-state index contributed by atoms with van der Waals surface area (Å²) < 4.78 is 57.1. The number of ether oxygens (including phenoxy) is 4. The van der Waals surface area contributed by atoms with Crippen LogP contribution in [0.3, 0.4) is 0 Å². The van der Waals surface area contributed by atoms with Gasteiger partial charge < -0.3 is 39.4 Å². The number of rotatable bonds is 8. The maximum Gasteiger partial charge on any atom is 0.319 e. The molecule has 4 aliphatic heterocycles. The number of likely N-dealkylation sites (tertiary alicyclic amines) is 1. The van der Waals surface area contributed by atoms with Crippen molar-refractivity contribution in [2.75, 3.05) is 64.7 Å². The van der Waals surface area contributed by atoms with Gasteiger partial charge in [0.05, 0.1) is 40.1 Å². The molecule has 1 spiro atoms. The lowest BCUT2D eigenvalue weighted by atomic mass is 9.61. The van der Waals surface area contributed by atoms with Crippen LogP contribution in [0.5, 0.6) is 11.8 Å². The van der Waals surface area contributed by atoms with E-state index in [-0.39, 0.29) is 41.6 Å². The van der Waals surface area contributed by atoms with E-state index in [0.717, 1.165) is 58.3 Å². The number of methoxy groups -OCH3 is 1. The zero-order valence-corrected chi connectivity index (χ0v) is 32.8. The number of benzene rings is 2. The molecule has 0 amide bonds. The molecule has 6 aliphatic rings. The summed E-state index contributed by atoms with van der Waals surface area (Å²) >= 11 is 0. The summed E-state index contributed by atoms with van der Waals surface area (Å²) in [4.78, 5) is 14.4. The van der Waals surface area contributed by atoms with E-state index in [1.54, 1.807) is 19.1 Å². The highest BCUT2D eigenvalue weighted by Crippen LogP contribution is 2.55. The van der Waals surface area contributed by atoms with Gasteiger partial charge in [0.15, 0.2) is 5.83 Å². The number of phenolic OH excluding ortho intramolecular Hbond substituents is 1. The fourth-order valence-electron chi connectivity index (χ4n) is 11.2. The van der Waals surface area contributed by atoms with Crippen molar-refractivity contribution in [2.45, 2.75) is 102 Å². The first-order valence-corrected chi connectivity index (χ1v) is 20.6. The van der Waals surface area contributed by atoms with Gasteiger partial charge >= 0.3 is 6.01 Å². The standard InChI is InChI=1S/C43H55F2N5O6/c1-4-29-31(44)10-9-26-18-28(51)19-30(33(26)29)36-35(45)37-34(39(46-36)53-3)38(49-15-17-55-23-41(2,52)22-49)48-40(47-37)56-25-43-12-5-8-32(43)50(14-6-13-43)27-20-42(21-27)11-7-16-54-24-42/h9-10,18-19,27,32,36,46,51-52H,4-8,11-17,20-25H2,1-3H3/t27?,32-,36?,41+,42?,43-/m1/s1. The van der Waals surface area contributed by atoms with E-state index in [9.17, 15) is 10.2 Å². The fourth-order valence-corrected chi connectivity index (χ4v) is 11.2. The molecule has 5 heterocycles. The second kappa shape index (κ2) is 14.6. The molecule has 13 heteroatoms. The Morgan fingerprint density at radius 3 is 2.62 bits per heavy atom. The van der Waals surface area contributed by atoms with Crippen molar-refractivity contribution in [3.63, 3.8) is 0 Å². The molecule has 0 bridgehead atoms. The van der Waals surface area contributed by atoms with Gasteiger partial charge in [-0.2, -0.15) is 9.97 Å². The van der Waals surface area contributed by atoms with Gasteiger partial charge in [-0.25, -0.2) is 8.78 Å². The maximum atomic E-state index is 17.5. The van der Waals surface area contributed by atoms with Crippen molar-refractivity contribution in [2.24, 2.45) is 10.8 Å². The van der Waals surface area contributed by atoms with E-state index < -0.39 is 23.3 Å². The third-order valence-corrected chi connectivity index (χ3v) is 13.7. The number of hydrogen-bond donors (Lipinski definition) is 3. The van der Waals surface area contributed by atoms with Gasteiger partial charge in [-0.3, -0.25) is 4.90 Å². The summed E-state index contributed by atoms with van der Waals surface area (Å²) in [5, 5.41) is 26.7. The molecule has 2 aromatic carbocycles. The number of fused-ring (bicyclic) bond motifs is 3. The van der Waals surface area contributed by atoms with Crippen LogP contribution >= 0.6 is 0 Å². The molecule has 11 nitrogen and oxygen atoms in total. The number of hydrogen-bond acceptors (Lipinski definition) is 11. The average molecular weight is 776 g/mol. The lowest BCUT2D eigenvalue weighted by Gasteiger charge is -2.58.